The average Bonchev–Trinajstić information content (AvgIpc) is 2.71. The van der Waals surface area contributed by atoms with Crippen molar-refractivity contribution in [2.24, 2.45) is 5.92 Å². The Morgan fingerprint density at radius 3 is 2.94 bits per heavy atom. The van der Waals surface area contributed by atoms with E-state index in [1.807, 2.05) is 13.8 Å². The van der Waals surface area contributed by atoms with E-state index in [2.05, 4.69) is 26.3 Å². The standard InChI is InChI=1S/C12H19BrFN3/c1-8(2)17-12(10(13)7-16-17)11(14)9-4-3-5-15-6-9/h7-9,11,15H,3-6H2,1-2H3. The van der Waals surface area contributed by atoms with Gasteiger partial charge in [0, 0.05) is 18.5 Å². The summed E-state index contributed by atoms with van der Waals surface area (Å²) in [7, 11) is 0. The van der Waals surface area contributed by atoms with Crippen LogP contribution in [-0.4, -0.2) is 22.9 Å². The summed E-state index contributed by atoms with van der Waals surface area (Å²) in [4.78, 5) is 0. The molecule has 0 bridgehead atoms. The lowest BCUT2D eigenvalue weighted by molar-refractivity contribution is 0.180. The van der Waals surface area contributed by atoms with Crippen LogP contribution in [0.2, 0.25) is 0 Å². The molecule has 5 heteroatoms. The molecule has 1 N–H and O–H groups in total. The lowest BCUT2D eigenvalue weighted by Crippen LogP contribution is -2.33. The van der Waals surface area contributed by atoms with E-state index in [0.717, 1.165) is 30.4 Å². The summed E-state index contributed by atoms with van der Waals surface area (Å²) in [6.07, 6.45) is 2.75. The minimum absolute atomic E-state index is 0.0641. The highest BCUT2D eigenvalue weighted by atomic mass is 79.9. The van der Waals surface area contributed by atoms with Gasteiger partial charge in [-0.05, 0) is 49.2 Å². The molecule has 0 aliphatic carbocycles. The molecule has 0 spiro atoms. The van der Waals surface area contributed by atoms with E-state index < -0.39 is 6.17 Å². The second kappa shape index (κ2) is 5.48. The maximum Gasteiger partial charge on any atom is 0.147 e. The fourth-order valence-electron chi connectivity index (χ4n) is 2.37. The second-order valence-corrected chi connectivity index (χ2v) is 5.78. The van der Waals surface area contributed by atoms with Crippen LogP contribution in [0, 0.1) is 5.92 Å². The molecule has 96 valence electrons. The van der Waals surface area contributed by atoms with E-state index in [1.165, 1.54) is 0 Å². The third kappa shape index (κ3) is 2.71. The molecule has 0 aromatic carbocycles. The SMILES string of the molecule is CC(C)n1ncc(Br)c1C(F)C1CCCNC1. The van der Waals surface area contributed by atoms with E-state index in [9.17, 15) is 4.39 Å². The lowest BCUT2D eigenvalue weighted by atomic mass is 9.93. The molecule has 2 rings (SSSR count). The van der Waals surface area contributed by atoms with Gasteiger partial charge in [0.05, 0.1) is 16.4 Å². The van der Waals surface area contributed by atoms with Crippen molar-refractivity contribution in [2.75, 3.05) is 13.1 Å². The first-order valence-electron chi connectivity index (χ1n) is 6.19. The first-order valence-corrected chi connectivity index (χ1v) is 6.98. The van der Waals surface area contributed by atoms with Gasteiger partial charge in [-0.25, -0.2) is 4.39 Å². The molecule has 17 heavy (non-hydrogen) atoms. The molecule has 2 heterocycles. The minimum Gasteiger partial charge on any atom is -0.316 e. The molecule has 0 amide bonds. The third-order valence-corrected chi connectivity index (χ3v) is 3.90. The van der Waals surface area contributed by atoms with Crippen molar-refractivity contribution in [3.63, 3.8) is 0 Å². The van der Waals surface area contributed by atoms with Crippen LogP contribution in [0.1, 0.15) is 44.6 Å². The Balaban J connectivity index is 2.22. The highest BCUT2D eigenvalue weighted by molar-refractivity contribution is 9.10. The fourth-order valence-corrected chi connectivity index (χ4v) is 2.86. The Kier molecular flexibility index (Phi) is 4.20. The quantitative estimate of drug-likeness (QED) is 0.929. The van der Waals surface area contributed by atoms with Crippen LogP contribution in [0.15, 0.2) is 10.7 Å². The normalized spacial score (nSPS) is 23.0. The van der Waals surface area contributed by atoms with E-state index in [1.54, 1.807) is 10.9 Å². The van der Waals surface area contributed by atoms with Crippen LogP contribution in [-0.2, 0) is 0 Å². The smallest absolute Gasteiger partial charge is 0.147 e. The summed E-state index contributed by atoms with van der Waals surface area (Å²) in [5.41, 5.74) is 0.689. The molecule has 1 fully saturated rings. The fraction of sp³-hybridized carbons (Fsp3) is 0.750. The predicted molar refractivity (Wildman–Crippen MR) is 69.8 cm³/mol. The Morgan fingerprint density at radius 1 is 1.59 bits per heavy atom. The van der Waals surface area contributed by atoms with Gasteiger partial charge in [-0.2, -0.15) is 5.10 Å². The van der Waals surface area contributed by atoms with Crippen molar-refractivity contribution in [1.82, 2.24) is 15.1 Å². The maximum absolute atomic E-state index is 14.6. The van der Waals surface area contributed by atoms with Gasteiger partial charge >= 0.3 is 0 Å². The zero-order valence-corrected chi connectivity index (χ0v) is 11.9. The number of hydrogen-bond acceptors (Lipinski definition) is 2. The summed E-state index contributed by atoms with van der Waals surface area (Å²) in [5.74, 6) is 0.0641. The zero-order valence-electron chi connectivity index (χ0n) is 10.3. The van der Waals surface area contributed by atoms with Crippen molar-refractivity contribution in [2.45, 2.75) is 38.9 Å². The summed E-state index contributed by atoms with van der Waals surface area (Å²) in [6.45, 7) is 5.81. The predicted octanol–water partition coefficient (Wildman–Crippen LogP) is 3.24. The molecule has 3 nitrogen and oxygen atoms in total. The number of rotatable bonds is 3. The topological polar surface area (TPSA) is 29.9 Å². The number of nitrogens with zero attached hydrogens (tertiary/aromatic N) is 2. The number of alkyl halides is 1. The van der Waals surface area contributed by atoms with Crippen LogP contribution in [0.3, 0.4) is 0 Å². The largest absolute Gasteiger partial charge is 0.316 e. The van der Waals surface area contributed by atoms with Crippen molar-refractivity contribution < 1.29 is 4.39 Å². The molecular weight excluding hydrogens is 285 g/mol. The van der Waals surface area contributed by atoms with Gasteiger partial charge in [0.2, 0.25) is 0 Å². The monoisotopic (exact) mass is 303 g/mol. The van der Waals surface area contributed by atoms with Crippen molar-refractivity contribution >= 4 is 15.9 Å². The number of piperidine rings is 1. The average molecular weight is 304 g/mol. The number of halogens is 2. The van der Waals surface area contributed by atoms with Crippen molar-refractivity contribution in [3.8, 4) is 0 Å². The first kappa shape index (κ1) is 13.0. The summed E-state index contributed by atoms with van der Waals surface area (Å²) in [6, 6.07) is 0.186. The van der Waals surface area contributed by atoms with Gasteiger partial charge in [-0.15, -0.1) is 0 Å². The van der Waals surface area contributed by atoms with Gasteiger partial charge in [0.25, 0.3) is 0 Å². The van der Waals surface area contributed by atoms with E-state index >= 15 is 0 Å². The van der Waals surface area contributed by atoms with E-state index in [0.29, 0.717) is 5.69 Å². The molecule has 0 saturated carbocycles. The van der Waals surface area contributed by atoms with E-state index in [-0.39, 0.29) is 12.0 Å². The van der Waals surface area contributed by atoms with Crippen molar-refractivity contribution in [3.05, 3.63) is 16.4 Å². The Bertz CT molecular complexity index is 372. The third-order valence-electron chi connectivity index (χ3n) is 3.29. The molecule has 1 aliphatic rings. The molecule has 1 aromatic heterocycles. The van der Waals surface area contributed by atoms with Gasteiger partial charge in [0.15, 0.2) is 0 Å². The van der Waals surface area contributed by atoms with Crippen LogP contribution < -0.4 is 5.32 Å². The van der Waals surface area contributed by atoms with Crippen LogP contribution >= 0.6 is 15.9 Å². The first-order chi connectivity index (χ1) is 8.11. The number of nitrogens with one attached hydrogen (secondary N) is 1. The Hall–Kier alpha value is -0.420. The summed E-state index contributed by atoms with van der Waals surface area (Å²) >= 11 is 3.41. The molecular formula is C12H19BrFN3. The Morgan fingerprint density at radius 2 is 2.35 bits per heavy atom. The van der Waals surface area contributed by atoms with Crippen LogP contribution in [0.5, 0.6) is 0 Å². The molecule has 0 radical (unpaired) electrons. The highest BCUT2D eigenvalue weighted by Gasteiger charge is 2.29. The minimum atomic E-state index is -0.943. The maximum atomic E-state index is 14.6. The zero-order chi connectivity index (χ0) is 12.4. The lowest BCUT2D eigenvalue weighted by Gasteiger charge is -2.27. The van der Waals surface area contributed by atoms with Crippen molar-refractivity contribution in [1.29, 1.82) is 0 Å². The van der Waals surface area contributed by atoms with Crippen LogP contribution in [0.25, 0.3) is 0 Å². The molecule has 1 aliphatic heterocycles. The highest BCUT2D eigenvalue weighted by Crippen LogP contribution is 2.35. The second-order valence-electron chi connectivity index (χ2n) is 4.92. The van der Waals surface area contributed by atoms with E-state index in [4.69, 9.17) is 0 Å². The van der Waals surface area contributed by atoms with Gasteiger partial charge < -0.3 is 5.32 Å². The summed E-state index contributed by atoms with van der Waals surface area (Å²) in [5, 5.41) is 7.50. The van der Waals surface area contributed by atoms with Gasteiger partial charge in [0.1, 0.15) is 6.17 Å². The summed E-state index contributed by atoms with van der Waals surface area (Å²) < 4.78 is 17.2. The van der Waals surface area contributed by atoms with Crippen LogP contribution in [0.4, 0.5) is 4.39 Å². The Labute approximate surface area is 110 Å². The molecule has 2 unspecified atom stereocenters. The number of aromatic nitrogens is 2. The van der Waals surface area contributed by atoms with Gasteiger partial charge in [-0.3, -0.25) is 4.68 Å². The number of hydrogen-bond donors (Lipinski definition) is 1. The van der Waals surface area contributed by atoms with Gasteiger partial charge in [-0.1, -0.05) is 0 Å². The molecule has 2 atom stereocenters. The molecule has 1 saturated heterocycles. The molecule has 1 aromatic rings.